The van der Waals surface area contributed by atoms with Crippen LogP contribution in [0.2, 0.25) is 0 Å². The molecule has 1 rings (SSSR count). The van der Waals surface area contributed by atoms with E-state index in [2.05, 4.69) is 10.6 Å². The number of amides is 2. The summed E-state index contributed by atoms with van der Waals surface area (Å²) in [5.74, 6) is -0.0494. The Morgan fingerprint density at radius 2 is 1.90 bits per heavy atom. The van der Waals surface area contributed by atoms with Gasteiger partial charge >= 0.3 is 0 Å². The number of nitrogens with zero attached hydrogens (tertiary/aromatic N) is 1. The Hall–Kier alpha value is -1.88. The van der Waals surface area contributed by atoms with Gasteiger partial charge in [-0.2, -0.15) is 0 Å². The largest absolute Gasteiger partial charge is 0.354 e. The summed E-state index contributed by atoms with van der Waals surface area (Å²) in [7, 11) is 1.86. The van der Waals surface area contributed by atoms with E-state index in [0.717, 1.165) is 5.56 Å². The van der Waals surface area contributed by atoms with Gasteiger partial charge in [-0.05, 0) is 19.5 Å². The fourth-order valence-corrected chi connectivity index (χ4v) is 1.85. The number of nitrogens with one attached hydrogen (secondary N) is 2. The molecule has 2 N–H and O–H groups in total. The summed E-state index contributed by atoms with van der Waals surface area (Å²) >= 11 is 0. The van der Waals surface area contributed by atoms with Crippen molar-refractivity contribution in [3.05, 3.63) is 35.9 Å². The molecule has 0 saturated heterocycles. The number of hydrogen-bond acceptors (Lipinski definition) is 3. The first-order chi connectivity index (χ1) is 10.0. The molecule has 0 bridgehead atoms. The maximum Gasteiger partial charge on any atom is 0.221 e. The van der Waals surface area contributed by atoms with Crippen molar-refractivity contribution in [3.8, 4) is 0 Å². The first-order valence-electron chi connectivity index (χ1n) is 7.26. The zero-order chi connectivity index (χ0) is 15.7. The van der Waals surface area contributed by atoms with Gasteiger partial charge in [-0.1, -0.05) is 30.3 Å². The molecule has 0 spiro atoms. The summed E-state index contributed by atoms with van der Waals surface area (Å²) in [6, 6.07) is 10.0. The second-order valence-electron chi connectivity index (χ2n) is 5.17. The van der Waals surface area contributed by atoms with E-state index in [0.29, 0.717) is 26.1 Å². The van der Waals surface area contributed by atoms with Crippen molar-refractivity contribution in [2.24, 2.45) is 0 Å². The predicted octanol–water partition coefficient (Wildman–Crippen LogP) is 1.15. The lowest BCUT2D eigenvalue weighted by Gasteiger charge is -2.21. The van der Waals surface area contributed by atoms with E-state index < -0.39 is 0 Å². The molecule has 0 saturated carbocycles. The third kappa shape index (κ3) is 6.90. The van der Waals surface area contributed by atoms with Crippen LogP contribution in [0.25, 0.3) is 0 Å². The standard InChI is InChI=1S/C16H25N3O2/c1-13(17-3)11-18-16(21)9-10-19(14(2)20)12-15-7-5-4-6-8-15/h4-8,13,17H,9-12H2,1-3H3,(H,18,21). The van der Waals surface area contributed by atoms with Gasteiger partial charge in [0, 0.05) is 39.0 Å². The molecule has 5 nitrogen and oxygen atoms in total. The first-order valence-corrected chi connectivity index (χ1v) is 7.26. The molecule has 0 radical (unpaired) electrons. The molecule has 5 heteroatoms. The van der Waals surface area contributed by atoms with E-state index in [1.807, 2.05) is 44.3 Å². The van der Waals surface area contributed by atoms with Crippen molar-refractivity contribution in [1.82, 2.24) is 15.5 Å². The molecule has 1 aromatic carbocycles. The molecule has 1 atom stereocenters. The lowest BCUT2D eigenvalue weighted by molar-refractivity contribution is -0.130. The van der Waals surface area contributed by atoms with E-state index in [4.69, 9.17) is 0 Å². The summed E-state index contributed by atoms with van der Waals surface area (Å²) in [4.78, 5) is 25.1. The average Bonchev–Trinajstić information content (AvgIpc) is 2.49. The van der Waals surface area contributed by atoms with E-state index in [9.17, 15) is 9.59 Å². The van der Waals surface area contributed by atoms with Crippen LogP contribution in [0.15, 0.2) is 30.3 Å². The normalized spacial score (nSPS) is 11.8. The maximum atomic E-state index is 11.8. The summed E-state index contributed by atoms with van der Waals surface area (Å²) in [5, 5.41) is 5.91. The van der Waals surface area contributed by atoms with Crippen LogP contribution in [0.5, 0.6) is 0 Å². The van der Waals surface area contributed by atoms with Gasteiger partial charge < -0.3 is 15.5 Å². The van der Waals surface area contributed by atoms with Gasteiger partial charge in [0.2, 0.25) is 11.8 Å². The number of likely N-dealkylation sites (N-methyl/N-ethyl adjacent to an activating group) is 1. The van der Waals surface area contributed by atoms with Crippen molar-refractivity contribution < 1.29 is 9.59 Å². The molecule has 21 heavy (non-hydrogen) atoms. The van der Waals surface area contributed by atoms with Gasteiger partial charge in [-0.25, -0.2) is 0 Å². The topological polar surface area (TPSA) is 61.4 Å². The van der Waals surface area contributed by atoms with Gasteiger partial charge in [0.1, 0.15) is 0 Å². The van der Waals surface area contributed by atoms with E-state index in [1.165, 1.54) is 6.92 Å². The van der Waals surface area contributed by atoms with Crippen LogP contribution >= 0.6 is 0 Å². The molecule has 0 fully saturated rings. The molecular formula is C16H25N3O2. The Labute approximate surface area is 126 Å². The minimum atomic E-state index is -0.0311. The fourth-order valence-electron chi connectivity index (χ4n) is 1.85. The lowest BCUT2D eigenvalue weighted by Crippen LogP contribution is -2.39. The predicted molar refractivity (Wildman–Crippen MR) is 83.7 cm³/mol. The van der Waals surface area contributed by atoms with Crippen LogP contribution in [-0.4, -0.2) is 42.9 Å². The number of hydrogen-bond donors (Lipinski definition) is 2. The number of rotatable bonds is 8. The Morgan fingerprint density at radius 3 is 2.48 bits per heavy atom. The van der Waals surface area contributed by atoms with E-state index >= 15 is 0 Å². The second-order valence-corrected chi connectivity index (χ2v) is 5.17. The molecule has 1 aromatic rings. The van der Waals surface area contributed by atoms with Crippen LogP contribution in [-0.2, 0) is 16.1 Å². The van der Waals surface area contributed by atoms with Crippen LogP contribution in [0.4, 0.5) is 0 Å². The lowest BCUT2D eigenvalue weighted by atomic mass is 10.2. The maximum absolute atomic E-state index is 11.8. The molecule has 2 amide bonds. The van der Waals surface area contributed by atoms with E-state index in [1.54, 1.807) is 4.90 Å². The van der Waals surface area contributed by atoms with Crippen LogP contribution < -0.4 is 10.6 Å². The molecule has 0 aliphatic rings. The monoisotopic (exact) mass is 291 g/mol. The highest BCUT2D eigenvalue weighted by atomic mass is 16.2. The minimum absolute atomic E-state index is 0.0183. The molecule has 116 valence electrons. The molecular weight excluding hydrogens is 266 g/mol. The summed E-state index contributed by atoms with van der Waals surface area (Å²) in [5.41, 5.74) is 1.07. The molecule has 0 heterocycles. The quantitative estimate of drug-likeness (QED) is 0.755. The second kappa shape index (κ2) is 9.13. The van der Waals surface area contributed by atoms with Gasteiger partial charge in [0.05, 0.1) is 0 Å². The zero-order valence-corrected chi connectivity index (χ0v) is 13.1. The van der Waals surface area contributed by atoms with Crippen molar-refractivity contribution in [2.45, 2.75) is 32.9 Å². The Balaban J connectivity index is 2.41. The van der Waals surface area contributed by atoms with Crippen molar-refractivity contribution >= 4 is 11.8 Å². The molecule has 0 aliphatic heterocycles. The van der Waals surface area contributed by atoms with Gasteiger partial charge in [-0.15, -0.1) is 0 Å². The minimum Gasteiger partial charge on any atom is -0.354 e. The third-order valence-corrected chi connectivity index (χ3v) is 3.37. The van der Waals surface area contributed by atoms with Crippen molar-refractivity contribution in [1.29, 1.82) is 0 Å². The van der Waals surface area contributed by atoms with Crippen molar-refractivity contribution in [2.75, 3.05) is 20.1 Å². The number of carbonyl (C=O) groups excluding carboxylic acids is 2. The fraction of sp³-hybridized carbons (Fsp3) is 0.500. The van der Waals surface area contributed by atoms with Gasteiger partial charge in [0.15, 0.2) is 0 Å². The van der Waals surface area contributed by atoms with Gasteiger partial charge in [0.25, 0.3) is 0 Å². The van der Waals surface area contributed by atoms with Crippen LogP contribution in [0.1, 0.15) is 25.8 Å². The van der Waals surface area contributed by atoms with Crippen LogP contribution in [0, 0.1) is 0 Å². The highest BCUT2D eigenvalue weighted by Gasteiger charge is 2.12. The Kier molecular flexibility index (Phi) is 7.46. The molecule has 1 unspecified atom stereocenters. The SMILES string of the molecule is CNC(C)CNC(=O)CCN(Cc1ccccc1)C(C)=O. The summed E-state index contributed by atoms with van der Waals surface area (Å²) in [6.45, 7) is 5.09. The van der Waals surface area contributed by atoms with Crippen molar-refractivity contribution in [3.63, 3.8) is 0 Å². The highest BCUT2D eigenvalue weighted by molar-refractivity contribution is 5.78. The number of benzene rings is 1. The van der Waals surface area contributed by atoms with E-state index in [-0.39, 0.29) is 17.9 Å². The Bertz CT molecular complexity index is 448. The number of carbonyl (C=O) groups is 2. The third-order valence-electron chi connectivity index (χ3n) is 3.37. The first kappa shape index (κ1) is 17.2. The average molecular weight is 291 g/mol. The molecule has 0 aliphatic carbocycles. The zero-order valence-electron chi connectivity index (χ0n) is 13.1. The molecule has 0 aromatic heterocycles. The van der Waals surface area contributed by atoms with Crippen LogP contribution in [0.3, 0.4) is 0 Å². The smallest absolute Gasteiger partial charge is 0.221 e. The highest BCUT2D eigenvalue weighted by Crippen LogP contribution is 2.05. The summed E-state index contributed by atoms with van der Waals surface area (Å²) < 4.78 is 0. The summed E-state index contributed by atoms with van der Waals surface area (Å²) in [6.07, 6.45) is 0.322. The van der Waals surface area contributed by atoms with Gasteiger partial charge in [-0.3, -0.25) is 9.59 Å². The Morgan fingerprint density at radius 1 is 1.24 bits per heavy atom.